The zero-order valence-corrected chi connectivity index (χ0v) is 8.70. The Bertz CT molecular complexity index is 322. The maximum atomic E-state index is 9.92. The molecule has 2 nitrogen and oxygen atoms in total. The fourth-order valence-corrected chi connectivity index (χ4v) is 2.08. The average Bonchev–Trinajstić information content (AvgIpc) is 2.16. The van der Waals surface area contributed by atoms with Crippen LogP contribution in [0.2, 0.25) is 0 Å². The molecule has 0 amide bonds. The summed E-state index contributed by atoms with van der Waals surface area (Å²) in [4.78, 5) is 0. The van der Waals surface area contributed by atoms with E-state index >= 15 is 0 Å². The van der Waals surface area contributed by atoms with E-state index in [1.54, 1.807) is 0 Å². The van der Waals surface area contributed by atoms with Crippen LogP contribution in [0.1, 0.15) is 19.4 Å². The first-order valence-corrected chi connectivity index (χ1v) is 5.21. The van der Waals surface area contributed by atoms with E-state index in [0.717, 1.165) is 6.42 Å². The van der Waals surface area contributed by atoms with Gasteiger partial charge in [0.15, 0.2) is 0 Å². The number of aliphatic hydroxyl groups is 1. The summed E-state index contributed by atoms with van der Waals surface area (Å²) in [6.45, 7) is 4.27. The highest BCUT2D eigenvalue weighted by molar-refractivity contribution is 5.54. The maximum Gasteiger partial charge on any atom is 0.0784 e. The van der Waals surface area contributed by atoms with Crippen LogP contribution in [0.3, 0.4) is 0 Å². The van der Waals surface area contributed by atoms with Gasteiger partial charge in [-0.15, -0.1) is 0 Å². The standard InChI is InChI=1S/C12H17NO/c1-8(2)12-11(14)7-9-5-3-4-6-10(9)13-12/h3-6,8,11-14H,7H2,1-2H3/t11-,12-/m0/s1. The molecule has 0 aliphatic carbocycles. The largest absolute Gasteiger partial charge is 0.391 e. The molecule has 1 aliphatic heterocycles. The summed E-state index contributed by atoms with van der Waals surface area (Å²) >= 11 is 0. The lowest BCUT2D eigenvalue weighted by molar-refractivity contribution is 0.129. The first-order chi connectivity index (χ1) is 6.68. The summed E-state index contributed by atoms with van der Waals surface area (Å²) in [6, 6.07) is 8.38. The molecule has 0 saturated heterocycles. The summed E-state index contributed by atoms with van der Waals surface area (Å²) in [5.74, 6) is 0.457. The zero-order chi connectivity index (χ0) is 10.1. The van der Waals surface area contributed by atoms with Gasteiger partial charge in [-0.1, -0.05) is 32.0 Å². The topological polar surface area (TPSA) is 32.3 Å². The van der Waals surface area contributed by atoms with Crippen LogP contribution in [0, 0.1) is 5.92 Å². The highest BCUT2D eigenvalue weighted by atomic mass is 16.3. The third-order valence-electron chi connectivity index (χ3n) is 2.90. The molecule has 0 radical (unpaired) electrons. The van der Waals surface area contributed by atoms with Crippen LogP contribution in [0.25, 0.3) is 0 Å². The van der Waals surface area contributed by atoms with E-state index in [-0.39, 0.29) is 12.1 Å². The van der Waals surface area contributed by atoms with E-state index in [1.807, 2.05) is 12.1 Å². The fourth-order valence-electron chi connectivity index (χ4n) is 2.08. The van der Waals surface area contributed by atoms with Crippen molar-refractivity contribution in [3.8, 4) is 0 Å². The van der Waals surface area contributed by atoms with Gasteiger partial charge in [0.2, 0.25) is 0 Å². The molecule has 1 aliphatic rings. The Morgan fingerprint density at radius 1 is 1.36 bits per heavy atom. The third kappa shape index (κ3) is 1.62. The lowest BCUT2D eigenvalue weighted by atomic mass is 9.89. The van der Waals surface area contributed by atoms with Crippen LogP contribution < -0.4 is 5.32 Å². The molecule has 76 valence electrons. The van der Waals surface area contributed by atoms with Crippen molar-refractivity contribution in [2.75, 3.05) is 5.32 Å². The summed E-state index contributed by atoms with van der Waals surface area (Å²) in [5, 5.41) is 13.3. The predicted molar refractivity (Wildman–Crippen MR) is 58.4 cm³/mol. The minimum Gasteiger partial charge on any atom is -0.391 e. The summed E-state index contributed by atoms with van der Waals surface area (Å²) in [7, 11) is 0. The zero-order valence-electron chi connectivity index (χ0n) is 8.70. The number of anilines is 1. The Hall–Kier alpha value is -1.02. The van der Waals surface area contributed by atoms with Gasteiger partial charge in [-0.05, 0) is 17.5 Å². The van der Waals surface area contributed by atoms with Gasteiger partial charge in [-0.25, -0.2) is 0 Å². The number of nitrogens with one attached hydrogen (secondary N) is 1. The highest BCUT2D eigenvalue weighted by Gasteiger charge is 2.27. The van der Waals surface area contributed by atoms with Gasteiger partial charge in [-0.2, -0.15) is 0 Å². The van der Waals surface area contributed by atoms with Crippen molar-refractivity contribution in [2.24, 2.45) is 5.92 Å². The Balaban J connectivity index is 2.27. The average molecular weight is 191 g/mol. The molecule has 1 aromatic carbocycles. The molecule has 2 rings (SSSR count). The second-order valence-electron chi connectivity index (χ2n) is 4.34. The molecule has 0 aromatic heterocycles. The van der Waals surface area contributed by atoms with E-state index in [2.05, 4.69) is 31.3 Å². The van der Waals surface area contributed by atoms with Crippen LogP contribution in [0.4, 0.5) is 5.69 Å². The number of hydrogen-bond donors (Lipinski definition) is 2. The van der Waals surface area contributed by atoms with Gasteiger partial charge in [0.1, 0.15) is 0 Å². The van der Waals surface area contributed by atoms with Crippen LogP contribution in [-0.4, -0.2) is 17.3 Å². The first kappa shape index (κ1) is 9.53. The molecule has 0 saturated carbocycles. The summed E-state index contributed by atoms with van der Waals surface area (Å²) in [6.07, 6.45) is 0.511. The second kappa shape index (κ2) is 3.62. The molecule has 1 heterocycles. The first-order valence-electron chi connectivity index (χ1n) is 5.21. The highest BCUT2D eigenvalue weighted by Crippen LogP contribution is 2.27. The normalized spacial score (nSPS) is 25.7. The van der Waals surface area contributed by atoms with Gasteiger partial charge in [0.25, 0.3) is 0 Å². The number of rotatable bonds is 1. The summed E-state index contributed by atoms with van der Waals surface area (Å²) in [5.41, 5.74) is 2.40. The molecule has 0 unspecified atom stereocenters. The van der Waals surface area contributed by atoms with E-state index in [0.29, 0.717) is 5.92 Å². The summed E-state index contributed by atoms with van der Waals surface area (Å²) < 4.78 is 0. The second-order valence-corrected chi connectivity index (χ2v) is 4.34. The molecule has 0 fully saturated rings. The molecular weight excluding hydrogens is 174 g/mol. The minimum atomic E-state index is -0.259. The smallest absolute Gasteiger partial charge is 0.0784 e. The van der Waals surface area contributed by atoms with Crippen molar-refractivity contribution in [1.82, 2.24) is 0 Å². The Morgan fingerprint density at radius 2 is 2.07 bits per heavy atom. The lowest BCUT2D eigenvalue weighted by Gasteiger charge is -2.34. The predicted octanol–water partition coefficient (Wildman–Crippen LogP) is 2.04. The molecular formula is C12H17NO. The van der Waals surface area contributed by atoms with Gasteiger partial charge < -0.3 is 10.4 Å². The Labute approximate surface area is 85.0 Å². The monoisotopic (exact) mass is 191 g/mol. The number of para-hydroxylation sites is 1. The Morgan fingerprint density at radius 3 is 2.79 bits per heavy atom. The van der Waals surface area contributed by atoms with Crippen molar-refractivity contribution in [3.05, 3.63) is 29.8 Å². The van der Waals surface area contributed by atoms with Crippen molar-refractivity contribution < 1.29 is 5.11 Å². The van der Waals surface area contributed by atoms with Crippen molar-refractivity contribution in [1.29, 1.82) is 0 Å². The quantitative estimate of drug-likeness (QED) is 0.712. The molecule has 2 heteroatoms. The maximum absolute atomic E-state index is 9.92. The molecule has 0 bridgehead atoms. The fraction of sp³-hybridized carbons (Fsp3) is 0.500. The lowest BCUT2D eigenvalue weighted by Crippen LogP contribution is -2.42. The van der Waals surface area contributed by atoms with Gasteiger partial charge in [0, 0.05) is 12.1 Å². The van der Waals surface area contributed by atoms with Crippen molar-refractivity contribution >= 4 is 5.69 Å². The molecule has 0 spiro atoms. The molecule has 1 aromatic rings. The Kier molecular flexibility index (Phi) is 2.46. The molecule has 14 heavy (non-hydrogen) atoms. The molecule has 2 N–H and O–H groups in total. The van der Waals surface area contributed by atoms with Gasteiger partial charge in [-0.3, -0.25) is 0 Å². The van der Waals surface area contributed by atoms with Crippen molar-refractivity contribution in [2.45, 2.75) is 32.4 Å². The number of aliphatic hydroxyl groups excluding tert-OH is 1. The van der Waals surface area contributed by atoms with E-state index < -0.39 is 0 Å². The van der Waals surface area contributed by atoms with E-state index in [4.69, 9.17) is 0 Å². The van der Waals surface area contributed by atoms with Crippen molar-refractivity contribution in [3.63, 3.8) is 0 Å². The molecule has 2 atom stereocenters. The van der Waals surface area contributed by atoms with Crippen LogP contribution in [0.15, 0.2) is 24.3 Å². The number of benzene rings is 1. The minimum absolute atomic E-state index is 0.185. The number of hydrogen-bond acceptors (Lipinski definition) is 2. The van der Waals surface area contributed by atoms with E-state index in [9.17, 15) is 5.11 Å². The van der Waals surface area contributed by atoms with Crippen LogP contribution in [-0.2, 0) is 6.42 Å². The van der Waals surface area contributed by atoms with Gasteiger partial charge >= 0.3 is 0 Å². The number of fused-ring (bicyclic) bond motifs is 1. The van der Waals surface area contributed by atoms with Crippen LogP contribution in [0.5, 0.6) is 0 Å². The van der Waals surface area contributed by atoms with Crippen LogP contribution >= 0.6 is 0 Å². The SMILES string of the molecule is CC(C)[C@@H]1Nc2ccccc2C[C@@H]1O. The van der Waals surface area contributed by atoms with E-state index in [1.165, 1.54) is 11.3 Å². The third-order valence-corrected chi connectivity index (χ3v) is 2.90. The van der Waals surface area contributed by atoms with Gasteiger partial charge in [0.05, 0.1) is 12.1 Å².